The number of benzene rings is 7. The third-order valence-electron chi connectivity index (χ3n) is 8.53. The van der Waals surface area contributed by atoms with Crippen molar-refractivity contribution in [1.82, 2.24) is 4.98 Å². The van der Waals surface area contributed by atoms with E-state index in [9.17, 15) is 0 Å². The Morgan fingerprint density at radius 1 is 0.372 bits per heavy atom. The van der Waals surface area contributed by atoms with E-state index in [1.807, 2.05) is 6.20 Å². The summed E-state index contributed by atoms with van der Waals surface area (Å²) >= 11 is 0. The maximum absolute atomic E-state index is 4.65. The van der Waals surface area contributed by atoms with Gasteiger partial charge in [-0.15, -0.1) is 0 Å². The first-order valence-corrected chi connectivity index (χ1v) is 14.8. The number of rotatable bonds is 4. The third-order valence-corrected chi connectivity index (χ3v) is 8.53. The quantitative estimate of drug-likeness (QED) is 0.200. The lowest BCUT2D eigenvalue weighted by molar-refractivity contribution is 1.27. The summed E-state index contributed by atoms with van der Waals surface area (Å²) in [7, 11) is 0. The molecular weight excluding hydrogens is 518 g/mol. The summed E-state index contributed by atoms with van der Waals surface area (Å²) < 4.78 is 0. The summed E-state index contributed by atoms with van der Waals surface area (Å²) in [5.41, 5.74) is 10.7. The standard InChI is InChI=1S/C42H29N/c1-28-18-23-40(43-27-28)33-13-9-12-31(24-33)32-21-19-29-20-22-34(26-35(29)25-32)42-38-16-7-5-14-36(38)41(30-10-3-2-4-11-30)37-15-6-8-17-39(37)42/h2-27H,1H3. The van der Waals surface area contributed by atoms with Crippen molar-refractivity contribution in [3.63, 3.8) is 0 Å². The smallest absolute Gasteiger partial charge is 0.0702 e. The Morgan fingerprint density at radius 3 is 1.56 bits per heavy atom. The lowest BCUT2D eigenvalue weighted by atomic mass is 9.85. The molecule has 1 nitrogen and oxygen atoms in total. The normalized spacial score (nSPS) is 11.4. The maximum atomic E-state index is 4.65. The van der Waals surface area contributed by atoms with Crippen molar-refractivity contribution in [3.8, 4) is 44.6 Å². The molecule has 202 valence electrons. The van der Waals surface area contributed by atoms with Gasteiger partial charge in [-0.2, -0.15) is 0 Å². The fourth-order valence-corrected chi connectivity index (χ4v) is 6.43. The van der Waals surface area contributed by atoms with Crippen LogP contribution in [-0.4, -0.2) is 4.98 Å². The molecule has 0 fully saturated rings. The highest BCUT2D eigenvalue weighted by molar-refractivity contribution is 6.21. The van der Waals surface area contributed by atoms with Gasteiger partial charge in [0.1, 0.15) is 0 Å². The highest BCUT2D eigenvalue weighted by Gasteiger charge is 2.16. The lowest BCUT2D eigenvalue weighted by Gasteiger charge is -2.18. The van der Waals surface area contributed by atoms with Crippen LogP contribution >= 0.6 is 0 Å². The van der Waals surface area contributed by atoms with Gasteiger partial charge in [-0.05, 0) is 102 Å². The average Bonchev–Trinajstić information content (AvgIpc) is 3.07. The molecule has 0 amide bonds. The first kappa shape index (κ1) is 25.2. The van der Waals surface area contributed by atoms with E-state index < -0.39 is 0 Å². The highest BCUT2D eigenvalue weighted by atomic mass is 14.7. The summed E-state index contributed by atoms with van der Waals surface area (Å²) in [6.45, 7) is 2.07. The Balaban J connectivity index is 1.31. The van der Waals surface area contributed by atoms with Gasteiger partial charge in [0.15, 0.2) is 0 Å². The van der Waals surface area contributed by atoms with Crippen LogP contribution in [0.15, 0.2) is 158 Å². The molecule has 0 aliphatic rings. The molecule has 0 spiro atoms. The fourth-order valence-electron chi connectivity index (χ4n) is 6.43. The zero-order valence-corrected chi connectivity index (χ0v) is 24.0. The number of pyridine rings is 1. The number of fused-ring (bicyclic) bond motifs is 3. The molecular formula is C42H29N. The Bertz CT molecular complexity index is 2220. The van der Waals surface area contributed by atoms with Crippen LogP contribution in [0.1, 0.15) is 5.56 Å². The second-order valence-electron chi connectivity index (χ2n) is 11.3. The van der Waals surface area contributed by atoms with Crippen molar-refractivity contribution in [2.24, 2.45) is 0 Å². The van der Waals surface area contributed by atoms with E-state index in [1.165, 1.54) is 71.3 Å². The number of hydrogen-bond acceptors (Lipinski definition) is 1. The molecule has 0 aliphatic heterocycles. The molecule has 0 saturated heterocycles. The fraction of sp³-hybridized carbons (Fsp3) is 0.0238. The van der Waals surface area contributed by atoms with Gasteiger partial charge in [0.2, 0.25) is 0 Å². The van der Waals surface area contributed by atoms with Crippen LogP contribution in [0.25, 0.3) is 77.0 Å². The number of nitrogens with zero attached hydrogens (tertiary/aromatic N) is 1. The van der Waals surface area contributed by atoms with Gasteiger partial charge < -0.3 is 0 Å². The molecule has 1 heterocycles. The molecule has 0 N–H and O–H groups in total. The molecule has 0 bridgehead atoms. The molecule has 1 aromatic heterocycles. The zero-order valence-electron chi connectivity index (χ0n) is 24.0. The van der Waals surface area contributed by atoms with Crippen LogP contribution in [-0.2, 0) is 0 Å². The first-order chi connectivity index (χ1) is 21.2. The van der Waals surface area contributed by atoms with Gasteiger partial charge in [-0.25, -0.2) is 0 Å². The Kier molecular flexibility index (Phi) is 6.09. The van der Waals surface area contributed by atoms with E-state index in [4.69, 9.17) is 0 Å². The minimum atomic E-state index is 0.994. The van der Waals surface area contributed by atoms with Gasteiger partial charge in [-0.1, -0.05) is 127 Å². The molecule has 1 heteroatoms. The van der Waals surface area contributed by atoms with Crippen molar-refractivity contribution in [2.75, 3.05) is 0 Å². The van der Waals surface area contributed by atoms with E-state index >= 15 is 0 Å². The molecule has 0 aliphatic carbocycles. The topological polar surface area (TPSA) is 12.9 Å². The first-order valence-electron chi connectivity index (χ1n) is 14.8. The minimum absolute atomic E-state index is 0.994. The third kappa shape index (κ3) is 4.47. The average molecular weight is 548 g/mol. The van der Waals surface area contributed by atoms with Crippen molar-refractivity contribution in [3.05, 3.63) is 163 Å². The van der Waals surface area contributed by atoms with Crippen LogP contribution < -0.4 is 0 Å². The Morgan fingerprint density at radius 2 is 0.907 bits per heavy atom. The second kappa shape index (κ2) is 10.4. The van der Waals surface area contributed by atoms with Gasteiger partial charge in [0.25, 0.3) is 0 Å². The molecule has 0 atom stereocenters. The van der Waals surface area contributed by atoms with Crippen LogP contribution in [0, 0.1) is 6.92 Å². The second-order valence-corrected chi connectivity index (χ2v) is 11.3. The van der Waals surface area contributed by atoms with Crippen LogP contribution in [0.2, 0.25) is 0 Å². The van der Waals surface area contributed by atoms with Crippen LogP contribution in [0.5, 0.6) is 0 Å². The molecule has 43 heavy (non-hydrogen) atoms. The Hall–Kier alpha value is -5.53. The molecule has 0 radical (unpaired) electrons. The number of aromatic nitrogens is 1. The molecule has 0 saturated carbocycles. The van der Waals surface area contributed by atoms with Crippen molar-refractivity contribution < 1.29 is 0 Å². The summed E-state index contributed by atoms with van der Waals surface area (Å²) in [6, 6.07) is 55.1. The van der Waals surface area contributed by atoms with E-state index in [0.29, 0.717) is 0 Å². The molecule has 8 rings (SSSR count). The SMILES string of the molecule is Cc1ccc(-c2cccc(-c3ccc4ccc(-c5c6ccccc6c(-c6ccccc6)c6ccccc56)cc4c3)c2)nc1. The van der Waals surface area contributed by atoms with Crippen LogP contribution in [0.4, 0.5) is 0 Å². The molecule has 8 aromatic rings. The Labute approximate surface area is 251 Å². The maximum Gasteiger partial charge on any atom is 0.0702 e. The lowest BCUT2D eigenvalue weighted by Crippen LogP contribution is -1.91. The largest absolute Gasteiger partial charge is 0.256 e. The van der Waals surface area contributed by atoms with Crippen molar-refractivity contribution in [2.45, 2.75) is 6.92 Å². The predicted molar refractivity (Wildman–Crippen MR) is 183 cm³/mol. The van der Waals surface area contributed by atoms with E-state index in [2.05, 4.69) is 164 Å². The van der Waals surface area contributed by atoms with E-state index in [1.54, 1.807) is 0 Å². The van der Waals surface area contributed by atoms with E-state index in [-0.39, 0.29) is 0 Å². The predicted octanol–water partition coefficient (Wildman–Crippen LogP) is 11.5. The number of aryl methyl sites for hydroxylation is 1. The summed E-state index contributed by atoms with van der Waals surface area (Å²) in [5.74, 6) is 0. The van der Waals surface area contributed by atoms with Crippen molar-refractivity contribution >= 4 is 32.3 Å². The molecule has 0 unspecified atom stereocenters. The van der Waals surface area contributed by atoms with Crippen molar-refractivity contribution in [1.29, 1.82) is 0 Å². The van der Waals surface area contributed by atoms with Crippen LogP contribution in [0.3, 0.4) is 0 Å². The summed E-state index contributed by atoms with van der Waals surface area (Å²) in [6.07, 6.45) is 1.93. The molecule has 7 aromatic carbocycles. The number of hydrogen-bond donors (Lipinski definition) is 0. The summed E-state index contributed by atoms with van der Waals surface area (Å²) in [5, 5.41) is 7.56. The minimum Gasteiger partial charge on any atom is -0.256 e. The monoisotopic (exact) mass is 547 g/mol. The van der Waals surface area contributed by atoms with Gasteiger partial charge in [0.05, 0.1) is 5.69 Å². The van der Waals surface area contributed by atoms with Gasteiger partial charge in [0, 0.05) is 11.8 Å². The van der Waals surface area contributed by atoms with Gasteiger partial charge >= 0.3 is 0 Å². The van der Waals surface area contributed by atoms with Gasteiger partial charge in [-0.3, -0.25) is 4.98 Å². The highest BCUT2D eigenvalue weighted by Crippen LogP contribution is 2.44. The van der Waals surface area contributed by atoms with E-state index in [0.717, 1.165) is 11.3 Å². The zero-order chi connectivity index (χ0) is 28.8. The summed E-state index contributed by atoms with van der Waals surface area (Å²) in [4.78, 5) is 4.65.